The Bertz CT molecular complexity index is 207. The zero-order valence-corrected chi connectivity index (χ0v) is 5.52. The number of esters is 1. The van der Waals surface area contributed by atoms with Crippen LogP contribution in [0.3, 0.4) is 0 Å². The number of carbonyl (C=O) groups excluding carboxylic acids is 1. The lowest BCUT2D eigenvalue weighted by molar-refractivity contribution is -0.141. The summed E-state index contributed by atoms with van der Waals surface area (Å²) in [4.78, 5) is 11.8. The third kappa shape index (κ3) is 1.54. The zero-order chi connectivity index (χ0) is 7.40. The maximum absolute atomic E-state index is 10.6. The van der Waals surface area contributed by atoms with Crippen molar-refractivity contribution in [3.8, 4) is 0 Å². The normalized spacial score (nSPS) is 9.30. The Hall–Kier alpha value is -1.39. The summed E-state index contributed by atoms with van der Waals surface area (Å²) >= 11 is 0. The van der Waals surface area contributed by atoms with Gasteiger partial charge in [0.25, 0.3) is 0 Å². The molecule has 0 unspecified atom stereocenters. The lowest BCUT2D eigenvalue weighted by Gasteiger charge is -1.95. The lowest BCUT2D eigenvalue weighted by atomic mass is 10.7. The van der Waals surface area contributed by atoms with Gasteiger partial charge < -0.3 is 4.74 Å². The average molecular weight is 141 g/mol. The van der Waals surface area contributed by atoms with Crippen molar-refractivity contribution in [3.05, 3.63) is 12.4 Å². The molecule has 0 fully saturated rings. The van der Waals surface area contributed by atoms with Gasteiger partial charge in [0.05, 0.1) is 19.5 Å². The van der Waals surface area contributed by atoms with E-state index in [1.54, 1.807) is 0 Å². The molecule has 1 aromatic heterocycles. The van der Waals surface area contributed by atoms with Crippen LogP contribution in [0.25, 0.3) is 0 Å². The van der Waals surface area contributed by atoms with Crippen LogP contribution in [-0.2, 0) is 16.1 Å². The fourth-order valence-electron chi connectivity index (χ4n) is 0.505. The maximum Gasteiger partial charge on any atom is 0.329 e. The minimum Gasteiger partial charge on any atom is -0.468 e. The van der Waals surface area contributed by atoms with Crippen molar-refractivity contribution >= 4 is 5.97 Å². The number of carbonyl (C=O) groups is 1. The summed E-state index contributed by atoms with van der Waals surface area (Å²) in [5.74, 6) is -0.351. The van der Waals surface area contributed by atoms with Crippen LogP contribution in [0.4, 0.5) is 0 Å². The summed E-state index contributed by atoms with van der Waals surface area (Å²) < 4.78 is 4.38. The molecule has 0 aliphatic carbocycles. The van der Waals surface area contributed by atoms with E-state index in [-0.39, 0.29) is 12.5 Å². The van der Waals surface area contributed by atoms with Gasteiger partial charge in [-0.2, -0.15) is 15.0 Å². The Balaban J connectivity index is 2.48. The molecule has 5 heteroatoms. The van der Waals surface area contributed by atoms with Gasteiger partial charge >= 0.3 is 5.97 Å². The van der Waals surface area contributed by atoms with Crippen molar-refractivity contribution in [1.29, 1.82) is 0 Å². The first-order valence-electron chi connectivity index (χ1n) is 2.74. The molecule has 1 rings (SSSR count). The Morgan fingerprint density at radius 3 is 2.70 bits per heavy atom. The molecule has 0 N–H and O–H groups in total. The van der Waals surface area contributed by atoms with Crippen LogP contribution in [0.5, 0.6) is 0 Å². The number of ether oxygens (including phenoxy) is 1. The van der Waals surface area contributed by atoms with Crippen molar-refractivity contribution in [1.82, 2.24) is 15.0 Å². The molecule has 0 saturated heterocycles. The van der Waals surface area contributed by atoms with E-state index in [1.165, 1.54) is 24.3 Å². The van der Waals surface area contributed by atoms with E-state index in [1.807, 2.05) is 0 Å². The molecule has 0 saturated carbocycles. The summed E-state index contributed by atoms with van der Waals surface area (Å²) in [5, 5.41) is 7.42. The molecule has 0 aliphatic rings. The summed E-state index contributed by atoms with van der Waals surface area (Å²) in [6, 6.07) is 0. The lowest BCUT2D eigenvalue weighted by Crippen LogP contribution is -2.13. The molecule has 0 aliphatic heterocycles. The van der Waals surface area contributed by atoms with E-state index in [0.29, 0.717) is 0 Å². The monoisotopic (exact) mass is 141 g/mol. The summed E-state index contributed by atoms with van der Waals surface area (Å²) in [6.07, 6.45) is 3.01. The fourth-order valence-corrected chi connectivity index (χ4v) is 0.505. The summed E-state index contributed by atoms with van der Waals surface area (Å²) in [5.41, 5.74) is 0. The number of nitrogens with zero attached hydrogens (tertiary/aromatic N) is 3. The first kappa shape index (κ1) is 6.73. The van der Waals surface area contributed by atoms with Crippen LogP contribution in [0.1, 0.15) is 0 Å². The number of methoxy groups -OCH3 is 1. The van der Waals surface area contributed by atoms with Gasteiger partial charge in [0.2, 0.25) is 0 Å². The number of rotatable bonds is 2. The minimum atomic E-state index is -0.351. The van der Waals surface area contributed by atoms with Crippen LogP contribution < -0.4 is 0 Å². The van der Waals surface area contributed by atoms with Gasteiger partial charge in [-0.1, -0.05) is 0 Å². The second-order valence-corrected chi connectivity index (χ2v) is 1.64. The van der Waals surface area contributed by atoms with E-state index in [0.717, 1.165) is 0 Å². The van der Waals surface area contributed by atoms with Gasteiger partial charge in [-0.15, -0.1) is 0 Å². The van der Waals surface area contributed by atoms with E-state index in [4.69, 9.17) is 0 Å². The SMILES string of the molecule is COC(=O)Cn1nccn1. The summed E-state index contributed by atoms with van der Waals surface area (Å²) in [6.45, 7) is 0.0729. The topological polar surface area (TPSA) is 57.0 Å². The van der Waals surface area contributed by atoms with E-state index >= 15 is 0 Å². The van der Waals surface area contributed by atoms with Crippen LogP contribution in [0.2, 0.25) is 0 Å². The van der Waals surface area contributed by atoms with Gasteiger partial charge in [-0.05, 0) is 0 Å². The molecular formula is C5H7N3O2. The largest absolute Gasteiger partial charge is 0.468 e. The average Bonchev–Trinajstić information content (AvgIpc) is 2.40. The van der Waals surface area contributed by atoms with Crippen molar-refractivity contribution in [2.75, 3.05) is 7.11 Å². The molecule has 5 nitrogen and oxygen atoms in total. The molecule has 1 heterocycles. The molecule has 0 spiro atoms. The zero-order valence-electron chi connectivity index (χ0n) is 5.52. The van der Waals surface area contributed by atoms with Gasteiger partial charge in [0.15, 0.2) is 6.54 Å². The van der Waals surface area contributed by atoms with Crippen LogP contribution in [0.15, 0.2) is 12.4 Å². The molecular weight excluding hydrogens is 134 g/mol. The Morgan fingerprint density at radius 1 is 1.60 bits per heavy atom. The van der Waals surface area contributed by atoms with E-state index < -0.39 is 0 Å². The van der Waals surface area contributed by atoms with Crippen molar-refractivity contribution in [3.63, 3.8) is 0 Å². The molecule has 54 valence electrons. The third-order valence-electron chi connectivity index (χ3n) is 0.965. The predicted molar refractivity (Wildman–Crippen MR) is 32.0 cm³/mol. The van der Waals surface area contributed by atoms with Gasteiger partial charge in [-0.3, -0.25) is 0 Å². The highest BCUT2D eigenvalue weighted by Gasteiger charge is 2.00. The van der Waals surface area contributed by atoms with Gasteiger partial charge in [0.1, 0.15) is 0 Å². The van der Waals surface area contributed by atoms with E-state index in [9.17, 15) is 4.79 Å². The van der Waals surface area contributed by atoms with Crippen molar-refractivity contribution < 1.29 is 9.53 Å². The Kier molecular flexibility index (Phi) is 1.99. The molecule has 0 radical (unpaired) electrons. The first-order chi connectivity index (χ1) is 4.83. The molecule has 1 aromatic rings. The highest BCUT2D eigenvalue weighted by molar-refractivity contribution is 5.68. The van der Waals surface area contributed by atoms with Gasteiger partial charge in [0, 0.05) is 0 Å². The number of aromatic nitrogens is 3. The minimum absolute atomic E-state index is 0.0729. The predicted octanol–water partition coefficient (Wildman–Crippen LogP) is -0.549. The molecule has 0 aromatic carbocycles. The smallest absolute Gasteiger partial charge is 0.329 e. The first-order valence-corrected chi connectivity index (χ1v) is 2.74. The molecule has 10 heavy (non-hydrogen) atoms. The highest BCUT2D eigenvalue weighted by Crippen LogP contribution is 1.80. The van der Waals surface area contributed by atoms with Crippen LogP contribution in [-0.4, -0.2) is 28.1 Å². The molecule has 0 bridgehead atoms. The van der Waals surface area contributed by atoms with Crippen LogP contribution in [0, 0.1) is 0 Å². The molecule has 0 atom stereocenters. The fraction of sp³-hybridized carbons (Fsp3) is 0.400. The number of hydrogen-bond donors (Lipinski definition) is 0. The Labute approximate surface area is 57.6 Å². The molecule has 0 amide bonds. The maximum atomic E-state index is 10.6. The Morgan fingerprint density at radius 2 is 2.20 bits per heavy atom. The van der Waals surface area contributed by atoms with Crippen molar-refractivity contribution in [2.24, 2.45) is 0 Å². The third-order valence-corrected chi connectivity index (χ3v) is 0.965. The quantitative estimate of drug-likeness (QED) is 0.518. The van der Waals surface area contributed by atoms with Crippen LogP contribution >= 0.6 is 0 Å². The summed E-state index contributed by atoms with van der Waals surface area (Å²) in [7, 11) is 1.33. The van der Waals surface area contributed by atoms with Crippen molar-refractivity contribution in [2.45, 2.75) is 6.54 Å². The second-order valence-electron chi connectivity index (χ2n) is 1.64. The number of hydrogen-bond acceptors (Lipinski definition) is 4. The standard InChI is InChI=1S/C5H7N3O2/c1-10-5(9)4-8-6-2-3-7-8/h2-3H,4H2,1H3. The van der Waals surface area contributed by atoms with Gasteiger partial charge in [-0.25, -0.2) is 4.79 Å². The highest BCUT2D eigenvalue weighted by atomic mass is 16.5. The second kappa shape index (κ2) is 2.95. The van der Waals surface area contributed by atoms with E-state index in [2.05, 4.69) is 14.9 Å².